The quantitative estimate of drug-likeness (QED) is 0.933. The molecule has 0 radical (unpaired) electrons. The van der Waals surface area contributed by atoms with Crippen molar-refractivity contribution in [2.45, 2.75) is 26.3 Å². The van der Waals surface area contributed by atoms with Gasteiger partial charge in [-0.25, -0.2) is 0 Å². The summed E-state index contributed by atoms with van der Waals surface area (Å²) in [6.07, 6.45) is 1.04. The van der Waals surface area contributed by atoms with Gasteiger partial charge in [0, 0.05) is 49.5 Å². The molecule has 5 nitrogen and oxygen atoms in total. The van der Waals surface area contributed by atoms with E-state index in [4.69, 9.17) is 5.73 Å². The van der Waals surface area contributed by atoms with Gasteiger partial charge in [0.15, 0.2) is 5.82 Å². The molecular weight excluding hydrogens is 274 g/mol. The number of nitrogens with two attached hydrogens (primary N) is 1. The number of benzene rings is 1. The van der Waals surface area contributed by atoms with E-state index in [0.29, 0.717) is 0 Å². The summed E-state index contributed by atoms with van der Waals surface area (Å²) in [5.41, 5.74) is 7.06. The van der Waals surface area contributed by atoms with E-state index in [1.807, 2.05) is 6.92 Å². The van der Waals surface area contributed by atoms with E-state index in [-0.39, 0.29) is 6.04 Å². The fourth-order valence-corrected chi connectivity index (χ4v) is 3.06. The monoisotopic (exact) mass is 299 g/mol. The SMILES string of the molecule is CCC(N)CN1CCN(c2nnc(C)c3ccccc23)CC1. The Morgan fingerprint density at radius 3 is 2.45 bits per heavy atom. The Bertz CT molecular complexity index is 634. The highest BCUT2D eigenvalue weighted by Crippen LogP contribution is 2.26. The maximum Gasteiger partial charge on any atom is 0.159 e. The second-order valence-electron chi connectivity index (χ2n) is 6.11. The lowest BCUT2D eigenvalue weighted by Gasteiger charge is -2.36. The molecule has 22 heavy (non-hydrogen) atoms. The molecule has 1 atom stereocenters. The minimum absolute atomic E-state index is 0.284. The molecule has 1 aromatic heterocycles. The maximum absolute atomic E-state index is 6.06. The Morgan fingerprint density at radius 1 is 1.09 bits per heavy atom. The van der Waals surface area contributed by atoms with Gasteiger partial charge in [-0.15, -0.1) is 5.10 Å². The lowest BCUT2D eigenvalue weighted by Crippen LogP contribution is -2.50. The summed E-state index contributed by atoms with van der Waals surface area (Å²) in [6.45, 7) is 9.20. The first-order valence-electron chi connectivity index (χ1n) is 8.14. The van der Waals surface area contributed by atoms with Crippen LogP contribution in [0, 0.1) is 6.92 Å². The van der Waals surface area contributed by atoms with Crippen LogP contribution in [0.3, 0.4) is 0 Å². The Balaban J connectivity index is 1.76. The zero-order valence-corrected chi connectivity index (χ0v) is 13.5. The van der Waals surface area contributed by atoms with Gasteiger partial charge in [-0.1, -0.05) is 31.2 Å². The molecule has 2 heterocycles. The van der Waals surface area contributed by atoms with Crippen molar-refractivity contribution in [3.63, 3.8) is 0 Å². The molecule has 0 spiro atoms. The number of hydrogen-bond donors (Lipinski definition) is 1. The molecule has 1 unspecified atom stereocenters. The molecule has 0 saturated carbocycles. The molecule has 0 amide bonds. The van der Waals surface area contributed by atoms with Gasteiger partial charge >= 0.3 is 0 Å². The second kappa shape index (κ2) is 6.58. The van der Waals surface area contributed by atoms with E-state index >= 15 is 0 Å². The third-order valence-electron chi connectivity index (χ3n) is 4.54. The van der Waals surface area contributed by atoms with Crippen molar-refractivity contribution in [1.29, 1.82) is 0 Å². The van der Waals surface area contributed by atoms with Crippen molar-refractivity contribution in [3.05, 3.63) is 30.0 Å². The number of nitrogens with zero attached hydrogens (tertiary/aromatic N) is 4. The Kier molecular flexibility index (Phi) is 4.55. The van der Waals surface area contributed by atoms with Crippen LogP contribution in [-0.4, -0.2) is 53.9 Å². The first kappa shape index (κ1) is 15.2. The van der Waals surface area contributed by atoms with Crippen molar-refractivity contribution in [1.82, 2.24) is 15.1 Å². The van der Waals surface area contributed by atoms with Crippen molar-refractivity contribution < 1.29 is 0 Å². The summed E-state index contributed by atoms with van der Waals surface area (Å²) in [4.78, 5) is 4.80. The van der Waals surface area contributed by atoms with Crippen LogP contribution in [0.1, 0.15) is 19.0 Å². The van der Waals surface area contributed by atoms with Crippen molar-refractivity contribution in [2.75, 3.05) is 37.6 Å². The van der Waals surface area contributed by atoms with Gasteiger partial charge in [-0.2, -0.15) is 5.10 Å². The summed E-state index contributed by atoms with van der Waals surface area (Å²) in [5.74, 6) is 1.01. The zero-order chi connectivity index (χ0) is 15.5. The normalized spacial score (nSPS) is 17.9. The van der Waals surface area contributed by atoms with Crippen LogP contribution < -0.4 is 10.6 Å². The predicted molar refractivity (Wildman–Crippen MR) is 91.2 cm³/mol. The summed E-state index contributed by atoms with van der Waals surface area (Å²) < 4.78 is 0. The van der Waals surface area contributed by atoms with E-state index in [0.717, 1.165) is 50.7 Å². The van der Waals surface area contributed by atoms with E-state index in [9.17, 15) is 0 Å². The number of anilines is 1. The van der Waals surface area contributed by atoms with E-state index in [1.54, 1.807) is 0 Å². The van der Waals surface area contributed by atoms with Crippen LogP contribution in [0.15, 0.2) is 24.3 Å². The minimum atomic E-state index is 0.284. The van der Waals surface area contributed by atoms with Crippen molar-refractivity contribution >= 4 is 16.6 Å². The first-order chi connectivity index (χ1) is 10.7. The lowest BCUT2D eigenvalue weighted by atomic mass is 10.1. The topological polar surface area (TPSA) is 58.3 Å². The fourth-order valence-electron chi connectivity index (χ4n) is 3.06. The lowest BCUT2D eigenvalue weighted by molar-refractivity contribution is 0.240. The molecule has 5 heteroatoms. The molecule has 1 aromatic carbocycles. The van der Waals surface area contributed by atoms with Gasteiger partial charge in [-0.3, -0.25) is 4.90 Å². The highest BCUT2D eigenvalue weighted by atomic mass is 15.3. The van der Waals surface area contributed by atoms with Crippen LogP contribution in [0.4, 0.5) is 5.82 Å². The highest BCUT2D eigenvalue weighted by Gasteiger charge is 2.21. The molecule has 2 N–H and O–H groups in total. The maximum atomic E-state index is 6.06. The van der Waals surface area contributed by atoms with Crippen LogP contribution in [0.5, 0.6) is 0 Å². The fraction of sp³-hybridized carbons (Fsp3) is 0.529. The number of piperazine rings is 1. The van der Waals surface area contributed by atoms with Crippen LogP contribution in [0.2, 0.25) is 0 Å². The van der Waals surface area contributed by atoms with Gasteiger partial charge in [0.25, 0.3) is 0 Å². The highest BCUT2D eigenvalue weighted by molar-refractivity contribution is 5.93. The van der Waals surface area contributed by atoms with Gasteiger partial charge < -0.3 is 10.6 Å². The standard InChI is InChI=1S/C17H25N5/c1-3-14(18)12-21-8-10-22(11-9-21)17-16-7-5-4-6-15(16)13(2)19-20-17/h4-7,14H,3,8-12,18H2,1-2H3. The summed E-state index contributed by atoms with van der Waals surface area (Å²) in [5, 5.41) is 11.2. The Labute approximate surface area is 132 Å². The molecule has 118 valence electrons. The van der Waals surface area contributed by atoms with Gasteiger partial charge in [0.2, 0.25) is 0 Å². The average Bonchev–Trinajstić information content (AvgIpc) is 2.56. The first-order valence-corrected chi connectivity index (χ1v) is 8.14. The molecule has 3 rings (SSSR count). The second-order valence-corrected chi connectivity index (χ2v) is 6.11. The number of rotatable bonds is 4. The van der Waals surface area contributed by atoms with E-state index in [1.165, 1.54) is 10.8 Å². The number of hydrogen-bond acceptors (Lipinski definition) is 5. The van der Waals surface area contributed by atoms with Gasteiger partial charge in [0.1, 0.15) is 0 Å². The van der Waals surface area contributed by atoms with Crippen molar-refractivity contribution in [3.8, 4) is 0 Å². The largest absolute Gasteiger partial charge is 0.352 e. The van der Waals surface area contributed by atoms with Gasteiger partial charge in [-0.05, 0) is 13.3 Å². The molecule has 0 aliphatic carbocycles. The molecular formula is C17H25N5. The number of aromatic nitrogens is 2. The van der Waals surface area contributed by atoms with E-state index in [2.05, 4.69) is 51.2 Å². The predicted octanol–water partition coefficient (Wildman–Crippen LogP) is 1.80. The van der Waals surface area contributed by atoms with Crippen LogP contribution in [-0.2, 0) is 0 Å². The summed E-state index contributed by atoms with van der Waals surface area (Å²) in [6, 6.07) is 8.69. The Morgan fingerprint density at radius 2 is 1.77 bits per heavy atom. The van der Waals surface area contributed by atoms with Crippen LogP contribution in [0.25, 0.3) is 10.8 Å². The molecule has 1 aliphatic heterocycles. The third-order valence-corrected chi connectivity index (χ3v) is 4.54. The smallest absolute Gasteiger partial charge is 0.159 e. The van der Waals surface area contributed by atoms with Gasteiger partial charge in [0.05, 0.1) is 5.69 Å². The number of aryl methyl sites for hydroxylation is 1. The minimum Gasteiger partial charge on any atom is -0.352 e. The third kappa shape index (κ3) is 3.05. The van der Waals surface area contributed by atoms with E-state index < -0.39 is 0 Å². The molecule has 0 bridgehead atoms. The number of fused-ring (bicyclic) bond motifs is 1. The van der Waals surface area contributed by atoms with Crippen molar-refractivity contribution in [2.24, 2.45) is 5.73 Å². The Hall–Kier alpha value is -1.72. The molecule has 2 aromatic rings. The summed E-state index contributed by atoms with van der Waals surface area (Å²) >= 11 is 0. The summed E-state index contributed by atoms with van der Waals surface area (Å²) in [7, 11) is 0. The molecule has 1 aliphatic rings. The zero-order valence-electron chi connectivity index (χ0n) is 13.5. The average molecular weight is 299 g/mol. The molecule has 1 fully saturated rings. The van der Waals surface area contributed by atoms with Crippen LogP contribution >= 0.6 is 0 Å². The molecule has 1 saturated heterocycles.